The quantitative estimate of drug-likeness (QED) is 0.869. The summed E-state index contributed by atoms with van der Waals surface area (Å²) in [6.07, 6.45) is 0.238. The Hall–Kier alpha value is -2.21. The Morgan fingerprint density at radius 1 is 1.33 bits per heavy atom. The molecule has 8 heteroatoms. The molecule has 2 aromatic rings. The van der Waals surface area contributed by atoms with E-state index in [-0.39, 0.29) is 16.2 Å². The monoisotopic (exact) mass is 363 g/mol. The van der Waals surface area contributed by atoms with Gasteiger partial charge in [-0.3, -0.25) is 4.79 Å². The molecule has 1 heterocycles. The van der Waals surface area contributed by atoms with Crippen LogP contribution < -0.4 is 10.5 Å². The molecule has 24 heavy (non-hydrogen) atoms. The highest BCUT2D eigenvalue weighted by Gasteiger charge is 2.22. The van der Waals surface area contributed by atoms with Crippen molar-refractivity contribution in [1.29, 1.82) is 5.26 Å². The number of thiophene rings is 1. The molecule has 0 aliphatic rings. The third-order valence-electron chi connectivity index (χ3n) is 3.77. The summed E-state index contributed by atoms with van der Waals surface area (Å²) in [4.78, 5) is 12.4. The Morgan fingerprint density at radius 3 is 2.58 bits per heavy atom. The molecule has 0 aliphatic heterocycles. The molecule has 0 unspecified atom stereocenters. The molecule has 0 fully saturated rings. The number of primary sulfonamides is 1. The van der Waals surface area contributed by atoms with Crippen molar-refractivity contribution in [2.75, 3.05) is 5.32 Å². The minimum absolute atomic E-state index is 0.0405. The average Bonchev–Trinajstić information content (AvgIpc) is 2.97. The van der Waals surface area contributed by atoms with Gasteiger partial charge in [-0.2, -0.15) is 5.26 Å². The normalized spacial score (nSPS) is 11.1. The van der Waals surface area contributed by atoms with E-state index in [2.05, 4.69) is 11.4 Å². The zero-order valence-corrected chi connectivity index (χ0v) is 15.1. The number of sulfonamides is 1. The molecule has 2 rings (SSSR count). The maximum atomic E-state index is 12.5. The van der Waals surface area contributed by atoms with E-state index in [0.717, 1.165) is 33.6 Å². The molecule has 0 atom stereocenters. The summed E-state index contributed by atoms with van der Waals surface area (Å²) in [6.45, 7) is 5.59. The fourth-order valence-corrected chi connectivity index (χ4v) is 4.50. The molecule has 0 saturated heterocycles. The van der Waals surface area contributed by atoms with Crippen LogP contribution in [0.3, 0.4) is 0 Å². The Bertz CT molecular complexity index is 954. The lowest BCUT2D eigenvalue weighted by molar-refractivity contribution is 0.102. The van der Waals surface area contributed by atoms with Crippen LogP contribution in [0.2, 0.25) is 0 Å². The van der Waals surface area contributed by atoms with Gasteiger partial charge in [0, 0.05) is 5.69 Å². The van der Waals surface area contributed by atoms with Crippen molar-refractivity contribution in [3.63, 3.8) is 0 Å². The van der Waals surface area contributed by atoms with Crippen LogP contribution in [-0.2, 0) is 16.4 Å². The first-order valence-corrected chi connectivity index (χ1v) is 9.47. The van der Waals surface area contributed by atoms with Crippen molar-refractivity contribution >= 4 is 33.0 Å². The number of aryl methyl sites for hydroxylation is 2. The summed E-state index contributed by atoms with van der Waals surface area (Å²) in [6, 6.07) is 5.32. The highest BCUT2D eigenvalue weighted by molar-refractivity contribution is 7.89. The lowest BCUT2D eigenvalue weighted by atomic mass is 9.95. The molecule has 126 valence electrons. The van der Waals surface area contributed by atoms with Crippen molar-refractivity contribution < 1.29 is 13.2 Å². The lowest BCUT2D eigenvalue weighted by Gasteiger charge is -2.16. The molecule has 3 N–H and O–H groups in total. The van der Waals surface area contributed by atoms with Crippen LogP contribution in [0.1, 0.15) is 31.9 Å². The van der Waals surface area contributed by atoms with Crippen LogP contribution in [0.15, 0.2) is 22.4 Å². The number of rotatable bonds is 4. The number of carbonyl (C=O) groups excluding carboxylic acids is 1. The number of nitrogens with zero attached hydrogens (tertiary/aromatic N) is 1. The Labute approximate surface area is 145 Å². The van der Waals surface area contributed by atoms with E-state index in [0.29, 0.717) is 5.69 Å². The molecular formula is C16H17N3O3S2. The van der Waals surface area contributed by atoms with Gasteiger partial charge < -0.3 is 5.32 Å². The van der Waals surface area contributed by atoms with Crippen molar-refractivity contribution in [3.8, 4) is 6.07 Å². The van der Waals surface area contributed by atoms with E-state index in [1.54, 1.807) is 0 Å². The van der Waals surface area contributed by atoms with Crippen molar-refractivity contribution in [2.24, 2.45) is 5.14 Å². The van der Waals surface area contributed by atoms with Gasteiger partial charge in [0.2, 0.25) is 10.0 Å². The number of hydrogen-bond donors (Lipinski definition) is 2. The summed E-state index contributed by atoms with van der Waals surface area (Å²) >= 11 is 1.01. The van der Waals surface area contributed by atoms with Gasteiger partial charge in [0.05, 0.1) is 12.5 Å². The highest BCUT2D eigenvalue weighted by Crippen LogP contribution is 2.29. The third-order valence-corrected chi connectivity index (χ3v) is 5.76. The van der Waals surface area contributed by atoms with Gasteiger partial charge >= 0.3 is 0 Å². The van der Waals surface area contributed by atoms with Crippen molar-refractivity contribution in [3.05, 3.63) is 44.6 Å². The summed E-state index contributed by atoms with van der Waals surface area (Å²) < 4.78 is 23.1. The predicted molar refractivity (Wildman–Crippen MR) is 93.6 cm³/mol. The smallest absolute Gasteiger partial charge is 0.267 e. The molecule has 0 bridgehead atoms. The van der Waals surface area contributed by atoms with Gasteiger partial charge in [-0.05, 0) is 54.5 Å². The first-order chi connectivity index (χ1) is 11.2. The number of nitriles is 1. The van der Waals surface area contributed by atoms with Crippen LogP contribution in [0, 0.1) is 32.1 Å². The number of nitrogens with one attached hydrogen (secondary N) is 1. The van der Waals surface area contributed by atoms with Crippen molar-refractivity contribution in [1.82, 2.24) is 0 Å². The predicted octanol–water partition coefficient (Wildman–Crippen LogP) is 2.64. The van der Waals surface area contributed by atoms with Gasteiger partial charge in [-0.1, -0.05) is 6.07 Å². The van der Waals surface area contributed by atoms with Gasteiger partial charge in [0.25, 0.3) is 5.91 Å². The largest absolute Gasteiger partial charge is 0.321 e. The first kappa shape index (κ1) is 18.1. The van der Waals surface area contributed by atoms with E-state index in [1.165, 1.54) is 11.4 Å². The second kappa shape index (κ2) is 6.73. The molecule has 1 aromatic heterocycles. The second-order valence-corrected chi connectivity index (χ2v) is 7.88. The summed E-state index contributed by atoms with van der Waals surface area (Å²) in [7, 11) is -3.96. The standard InChI is InChI=1S/C16H17N3O3S2/c1-9-8-10(2)14(11(3)12(9)4-6-17)19-16(20)15-13(5-7-23-15)24(18,21)22/h5,7-8H,4H2,1-3H3,(H,19,20)(H2,18,21,22). The summed E-state index contributed by atoms with van der Waals surface area (Å²) in [5.74, 6) is -0.535. The number of anilines is 1. The summed E-state index contributed by atoms with van der Waals surface area (Å²) in [5, 5.41) is 18.4. The Balaban J connectivity index is 2.46. The Morgan fingerprint density at radius 2 is 2.00 bits per heavy atom. The van der Waals surface area contributed by atoms with Gasteiger partial charge in [0.1, 0.15) is 9.77 Å². The van der Waals surface area contributed by atoms with E-state index < -0.39 is 15.9 Å². The number of nitrogens with two attached hydrogens (primary N) is 1. The fraction of sp³-hybridized carbons (Fsp3) is 0.250. The van der Waals surface area contributed by atoms with Gasteiger partial charge in [-0.25, -0.2) is 13.6 Å². The molecule has 0 spiro atoms. The number of carbonyl (C=O) groups is 1. The second-order valence-electron chi connectivity index (χ2n) is 5.44. The van der Waals surface area contributed by atoms with Crippen LogP contribution in [0.5, 0.6) is 0 Å². The maximum Gasteiger partial charge on any atom is 0.267 e. The van der Waals surface area contributed by atoms with E-state index in [9.17, 15) is 13.2 Å². The first-order valence-electron chi connectivity index (χ1n) is 7.05. The van der Waals surface area contributed by atoms with E-state index >= 15 is 0 Å². The van der Waals surface area contributed by atoms with Crippen LogP contribution >= 0.6 is 11.3 Å². The van der Waals surface area contributed by atoms with Gasteiger partial charge in [-0.15, -0.1) is 11.3 Å². The minimum Gasteiger partial charge on any atom is -0.321 e. The highest BCUT2D eigenvalue weighted by atomic mass is 32.2. The molecule has 1 amide bonds. The van der Waals surface area contributed by atoms with Crippen LogP contribution in [0.25, 0.3) is 0 Å². The Kier molecular flexibility index (Phi) is 5.08. The number of hydrogen-bond acceptors (Lipinski definition) is 5. The number of amides is 1. The topological polar surface area (TPSA) is 113 Å². The maximum absolute atomic E-state index is 12.5. The number of benzene rings is 1. The molecule has 1 aromatic carbocycles. The van der Waals surface area contributed by atoms with Crippen molar-refractivity contribution in [2.45, 2.75) is 32.1 Å². The third kappa shape index (κ3) is 3.48. The lowest BCUT2D eigenvalue weighted by Crippen LogP contribution is -2.19. The molecule has 0 saturated carbocycles. The van der Waals surface area contributed by atoms with Gasteiger partial charge in [0.15, 0.2) is 0 Å². The van der Waals surface area contributed by atoms with Crippen LogP contribution in [-0.4, -0.2) is 14.3 Å². The summed E-state index contributed by atoms with van der Waals surface area (Å²) in [5.41, 5.74) is 4.07. The zero-order chi connectivity index (χ0) is 18.1. The van der Waals surface area contributed by atoms with Crippen LogP contribution in [0.4, 0.5) is 5.69 Å². The minimum atomic E-state index is -3.96. The van der Waals surface area contributed by atoms with E-state index in [1.807, 2.05) is 26.8 Å². The average molecular weight is 363 g/mol. The molecule has 0 radical (unpaired) electrons. The SMILES string of the molecule is Cc1cc(C)c(NC(=O)c2sccc2S(N)(=O)=O)c(C)c1CC#N. The van der Waals surface area contributed by atoms with E-state index in [4.69, 9.17) is 10.4 Å². The molecular weight excluding hydrogens is 346 g/mol. The zero-order valence-electron chi connectivity index (χ0n) is 13.5. The fourth-order valence-electron chi connectivity index (χ4n) is 2.63. The molecule has 6 nitrogen and oxygen atoms in total. The molecule has 0 aliphatic carbocycles.